The summed E-state index contributed by atoms with van der Waals surface area (Å²) < 4.78 is 0. The van der Waals surface area contributed by atoms with E-state index < -0.39 is 0 Å². The van der Waals surface area contributed by atoms with E-state index in [1.807, 2.05) is 19.1 Å². The zero-order valence-corrected chi connectivity index (χ0v) is 15.1. The van der Waals surface area contributed by atoms with Crippen LogP contribution in [-0.2, 0) is 0 Å². The third-order valence-corrected chi connectivity index (χ3v) is 4.30. The average molecular weight is 325 g/mol. The van der Waals surface area contributed by atoms with Crippen molar-refractivity contribution in [2.45, 2.75) is 34.6 Å². The Labute approximate surface area is 143 Å². The molecule has 3 nitrogen and oxygen atoms in total. The Hall–Kier alpha value is -2.20. The smallest absolute Gasteiger partial charge is 0.191 e. The molecule has 0 radical (unpaired) electrons. The van der Waals surface area contributed by atoms with Crippen LogP contribution in [0.2, 0.25) is 0 Å². The van der Waals surface area contributed by atoms with Gasteiger partial charge in [0.2, 0.25) is 0 Å². The Morgan fingerprint density at radius 2 is 1.70 bits per heavy atom. The molecule has 0 aliphatic rings. The van der Waals surface area contributed by atoms with Crippen molar-refractivity contribution in [1.29, 1.82) is 0 Å². The molecule has 2 aromatic carbocycles. The summed E-state index contributed by atoms with van der Waals surface area (Å²) in [4.78, 5) is 0. The van der Waals surface area contributed by atoms with Crippen LogP contribution >= 0.6 is 12.2 Å². The lowest BCUT2D eigenvalue weighted by molar-refractivity contribution is 1.04. The van der Waals surface area contributed by atoms with E-state index in [-0.39, 0.29) is 0 Å². The van der Waals surface area contributed by atoms with E-state index in [2.05, 4.69) is 67.8 Å². The lowest BCUT2D eigenvalue weighted by atomic mass is 10.0. The molecule has 23 heavy (non-hydrogen) atoms. The molecule has 0 amide bonds. The highest BCUT2D eigenvalue weighted by atomic mass is 32.1. The van der Waals surface area contributed by atoms with Crippen molar-refractivity contribution in [3.63, 3.8) is 0 Å². The second kappa shape index (κ2) is 7.38. The molecule has 0 unspecified atom stereocenters. The van der Waals surface area contributed by atoms with E-state index in [4.69, 9.17) is 12.2 Å². The van der Waals surface area contributed by atoms with Crippen LogP contribution in [0.4, 0.5) is 5.69 Å². The highest BCUT2D eigenvalue weighted by molar-refractivity contribution is 7.80. The van der Waals surface area contributed by atoms with Gasteiger partial charge in [0.05, 0.1) is 5.71 Å². The SMILES string of the molecule is CC(=NNC(=S)Nc1cccc(C)c1C)c1ccc(C)c(C)c1. The van der Waals surface area contributed by atoms with Crippen LogP contribution in [0.5, 0.6) is 0 Å². The van der Waals surface area contributed by atoms with E-state index in [1.165, 1.54) is 22.3 Å². The first-order chi connectivity index (χ1) is 10.9. The van der Waals surface area contributed by atoms with Gasteiger partial charge in [-0.05, 0) is 86.8 Å². The number of hydrogen-bond acceptors (Lipinski definition) is 2. The molecule has 2 rings (SSSR count). The summed E-state index contributed by atoms with van der Waals surface area (Å²) in [6.07, 6.45) is 0. The van der Waals surface area contributed by atoms with Gasteiger partial charge >= 0.3 is 0 Å². The Morgan fingerprint density at radius 3 is 2.39 bits per heavy atom. The fourth-order valence-corrected chi connectivity index (χ4v) is 2.36. The molecule has 0 saturated carbocycles. The summed E-state index contributed by atoms with van der Waals surface area (Å²) in [7, 11) is 0. The first-order valence-corrected chi connectivity index (χ1v) is 8.04. The molecule has 0 heterocycles. The van der Waals surface area contributed by atoms with Crippen LogP contribution in [0.3, 0.4) is 0 Å². The molecule has 2 aromatic rings. The van der Waals surface area contributed by atoms with Gasteiger partial charge in [-0.2, -0.15) is 5.10 Å². The number of hydrogen-bond donors (Lipinski definition) is 2. The van der Waals surface area contributed by atoms with Crippen molar-refractivity contribution in [1.82, 2.24) is 5.43 Å². The summed E-state index contributed by atoms with van der Waals surface area (Å²) in [6.45, 7) is 10.3. The third-order valence-electron chi connectivity index (χ3n) is 4.10. The number of anilines is 1. The Balaban J connectivity index is 2.05. The van der Waals surface area contributed by atoms with Crippen LogP contribution in [0.25, 0.3) is 0 Å². The molecule has 0 fully saturated rings. The Bertz CT molecular complexity index is 763. The van der Waals surface area contributed by atoms with E-state index in [0.29, 0.717) is 5.11 Å². The van der Waals surface area contributed by atoms with Crippen molar-refractivity contribution >= 4 is 28.7 Å². The van der Waals surface area contributed by atoms with Gasteiger partial charge in [-0.1, -0.05) is 24.3 Å². The number of nitrogens with zero attached hydrogens (tertiary/aromatic N) is 1. The van der Waals surface area contributed by atoms with Gasteiger partial charge in [0.1, 0.15) is 0 Å². The van der Waals surface area contributed by atoms with Gasteiger partial charge in [-0.15, -0.1) is 0 Å². The monoisotopic (exact) mass is 325 g/mol. The average Bonchev–Trinajstić information content (AvgIpc) is 2.52. The molecule has 0 aliphatic carbocycles. The molecule has 2 N–H and O–H groups in total. The van der Waals surface area contributed by atoms with Crippen molar-refractivity contribution < 1.29 is 0 Å². The van der Waals surface area contributed by atoms with Crippen LogP contribution < -0.4 is 10.7 Å². The lowest BCUT2D eigenvalue weighted by Gasteiger charge is -2.12. The van der Waals surface area contributed by atoms with Crippen LogP contribution in [0.1, 0.15) is 34.7 Å². The van der Waals surface area contributed by atoms with Gasteiger partial charge in [0.25, 0.3) is 0 Å². The Kier molecular flexibility index (Phi) is 5.50. The molecule has 0 atom stereocenters. The fraction of sp³-hybridized carbons (Fsp3) is 0.263. The number of nitrogens with one attached hydrogen (secondary N) is 2. The summed E-state index contributed by atoms with van der Waals surface area (Å²) in [6, 6.07) is 12.4. The number of aryl methyl sites for hydroxylation is 3. The lowest BCUT2D eigenvalue weighted by Crippen LogP contribution is -2.25. The van der Waals surface area contributed by atoms with Gasteiger partial charge in [-0.25, -0.2) is 0 Å². The van der Waals surface area contributed by atoms with E-state index >= 15 is 0 Å². The van der Waals surface area contributed by atoms with Gasteiger partial charge in [0, 0.05) is 5.69 Å². The number of rotatable bonds is 3. The Morgan fingerprint density at radius 1 is 0.957 bits per heavy atom. The standard InChI is InChI=1S/C19H23N3S/c1-12-9-10-17(11-14(12)3)16(5)21-22-19(23)20-18-8-6-7-13(2)15(18)4/h6-11H,1-5H3,(H2,20,22,23). The second-order valence-electron chi connectivity index (χ2n) is 5.81. The second-order valence-corrected chi connectivity index (χ2v) is 6.22. The highest BCUT2D eigenvalue weighted by Crippen LogP contribution is 2.17. The van der Waals surface area contributed by atoms with Crippen molar-refractivity contribution in [3.05, 3.63) is 64.2 Å². The molecule has 4 heteroatoms. The summed E-state index contributed by atoms with van der Waals surface area (Å²) in [5.74, 6) is 0. The molecular weight excluding hydrogens is 302 g/mol. The molecule has 0 aromatic heterocycles. The largest absolute Gasteiger partial charge is 0.331 e. The predicted molar refractivity (Wildman–Crippen MR) is 103 cm³/mol. The number of benzene rings is 2. The predicted octanol–water partition coefficient (Wildman–Crippen LogP) is 4.63. The maximum atomic E-state index is 5.32. The van der Waals surface area contributed by atoms with Gasteiger partial charge < -0.3 is 5.32 Å². The molecule has 0 aliphatic heterocycles. The molecule has 120 valence electrons. The normalized spacial score (nSPS) is 11.3. The summed E-state index contributed by atoms with van der Waals surface area (Å²) >= 11 is 5.32. The topological polar surface area (TPSA) is 36.4 Å². The van der Waals surface area contributed by atoms with E-state index in [1.54, 1.807) is 0 Å². The highest BCUT2D eigenvalue weighted by Gasteiger charge is 2.03. The molecule has 0 saturated heterocycles. The quantitative estimate of drug-likeness (QED) is 0.491. The number of hydrazone groups is 1. The maximum absolute atomic E-state index is 5.32. The number of thiocarbonyl (C=S) groups is 1. The third kappa shape index (κ3) is 4.39. The van der Waals surface area contributed by atoms with E-state index in [9.17, 15) is 0 Å². The van der Waals surface area contributed by atoms with Crippen molar-refractivity contribution in [2.24, 2.45) is 5.10 Å². The maximum Gasteiger partial charge on any atom is 0.191 e. The fourth-order valence-electron chi connectivity index (χ4n) is 2.20. The summed E-state index contributed by atoms with van der Waals surface area (Å²) in [5, 5.41) is 8.06. The van der Waals surface area contributed by atoms with Crippen molar-refractivity contribution in [3.8, 4) is 0 Å². The minimum absolute atomic E-state index is 0.488. The molecular formula is C19H23N3S. The van der Waals surface area contributed by atoms with E-state index in [0.717, 1.165) is 17.0 Å². The first-order valence-electron chi connectivity index (χ1n) is 7.63. The van der Waals surface area contributed by atoms with Crippen LogP contribution in [-0.4, -0.2) is 10.8 Å². The molecule has 0 bridgehead atoms. The van der Waals surface area contributed by atoms with Crippen LogP contribution in [0.15, 0.2) is 41.5 Å². The van der Waals surface area contributed by atoms with Gasteiger partial charge in [-0.3, -0.25) is 5.43 Å². The van der Waals surface area contributed by atoms with Gasteiger partial charge in [0.15, 0.2) is 5.11 Å². The zero-order valence-electron chi connectivity index (χ0n) is 14.3. The zero-order chi connectivity index (χ0) is 17.0. The minimum atomic E-state index is 0.488. The minimum Gasteiger partial charge on any atom is -0.331 e. The molecule has 0 spiro atoms. The summed E-state index contributed by atoms with van der Waals surface area (Å²) in [5.41, 5.74) is 10.9. The van der Waals surface area contributed by atoms with Crippen LogP contribution in [0, 0.1) is 27.7 Å². The first kappa shape index (κ1) is 17.2. The van der Waals surface area contributed by atoms with Crippen molar-refractivity contribution in [2.75, 3.05) is 5.32 Å².